The van der Waals surface area contributed by atoms with Gasteiger partial charge >= 0.3 is 5.97 Å². The van der Waals surface area contributed by atoms with Gasteiger partial charge in [0.05, 0.1) is 10.6 Å². The number of hydrogen-bond donors (Lipinski definition) is 1. The lowest BCUT2D eigenvalue weighted by Gasteiger charge is -2.07. The maximum Gasteiger partial charge on any atom is 0.374 e. The number of anilines is 1. The summed E-state index contributed by atoms with van der Waals surface area (Å²) in [6.45, 7) is -0.527. The molecular formula is C13H8Br2N2O6. The lowest BCUT2D eigenvalue weighted by Crippen LogP contribution is -2.21. The number of ether oxygens (including phenoxy) is 1. The quantitative estimate of drug-likeness (QED) is 0.426. The summed E-state index contributed by atoms with van der Waals surface area (Å²) in [5.41, 5.74) is 0.196. The van der Waals surface area contributed by atoms with Gasteiger partial charge in [0.25, 0.3) is 11.6 Å². The van der Waals surface area contributed by atoms with Gasteiger partial charge in [-0.05, 0) is 50.1 Å². The van der Waals surface area contributed by atoms with Gasteiger partial charge in [0, 0.05) is 16.6 Å². The van der Waals surface area contributed by atoms with Gasteiger partial charge < -0.3 is 14.5 Å². The molecule has 2 rings (SSSR count). The number of nitrogens with zero attached hydrogens (tertiary/aromatic N) is 1. The van der Waals surface area contributed by atoms with Crippen molar-refractivity contribution in [1.29, 1.82) is 0 Å². The van der Waals surface area contributed by atoms with Gasteiger partial charge in [-0.3, -0.25) is 14.9 Å². The molecule has 0 saturated heterocycles. The zero-order chi connectivity index (χ0) is 17.0. The van der Waals surface area contributed by atoms with Crippen LogP contribution in [0.25, 0.3) is 0 Å². The minimum Gasteiger partial charge on any atom is -0.450 e. The molecular weight excluding hydrogens is 440 g/mol. The summed E-state index contributed by atoms with van der Waals surface area (Å²) in [6.07, 6.45) is 0. The van der Waals surface area contributed by atoms with Gasteiger partial charge in [0.1, 0.15) is 0 Å². The smallest absolute Gasteiger partial charge is 0.374 e. The van der Waals surface area contributed by atoms with E-state index in [2.05, 4.69) is 37.2 Å². The summed E-state index contributed by atoms with van der Waals surface area (Å²) in [4.78, 5) is 33.4. The molecule has 120 valence electrons. The topological polar surface area (TPSA) is 112 Å². The number of nitro groups is 1. The first-order chi connectivity index (χ1) is 10.9. The first-order valence-electron chi connectivity index (χ1n) is 6.03. The standard InChI is InChI=1S/C13H8Br2N2O6/c14-8-5-7(17(20)21)1-2-9(8)16-12(18)6-22-13(19)10-3-4-11(15)23-10/h1-5H,6H2,(H,16,18). The molecule has 23 heavy (non-hydrogen) atoms. The number of esters is 1. The van der Waals surface area contributed by atoms with Crippen LogP contribution in [0.5, 0.6) is 0 Å². The molecule has 0 unspecified atom stereocenters. The zero-order valence-corrected chi connectivity index (χ0v) is 14.4. The monoisotopic (exact) mass is 446 g/mol. The van der Waals surface area contributed by atoms with Crippen LogP contribution in [0.1, 0.15) is 10.6 Å². The van der Waals surface area contributed by atoms with Crippen LogP contribution in [0, 0.1) is 10.1 Å². The van der Waals surface area contributed by atoms with Gasteiger partial charge in [-0.15, -0.1) is 0 Å². The van der Waals surface area contributed by atoms with E-state index < -0.39 is 23.4 Å². The van der Waals surface area contributed by atoms with E-state index in [1.807, 2.05) is 0 Å². The minimum atomic E-state index is -0.784. The highest BCUT2D eigenvalue weighted by Crippen LogP contribution is 2.27. The Hall–Kier alpha value is -2.20. The summed E-state index contributed by atoms with van der Waals surface area (Å²) < 4.78 is 10.5. The van der Waals surface area contributed by atoms with E-state index in [4.69, 9.17) is 9.15 Å². The molecule has 0 bridgehead atoms. The number of amides is 1. The second-order valence-corrected chi connectivity index (χ2v) is 5.79. The number of rotatable bonds is 5. The van der Waals surface area contributed by atoms with E-state index in [1.54, 1.807) is 0 Å². The van der Waals surface area contributed by atoms with Gasteiger partial charge in [0.2, 0.25) is 5.76 Å². The molecule has 0 saturated carbocycles. The summed E-state index contributed by atoms with van der Waals surface area (Å²) in [5, 5.41) is 13.1. The van der Waals surface area contributed by atoms with E-state index in [0.717, 1.165) is 0 Å². The molecule has 0 aliphatic heterocycles. The summed E-state index contributed by atoms with van der Waals surface area (Å²) in [5.74, 6) is -1.42. The first kappa shape index (κ1) is 17.2. The number of halogens is 2. The summed E-state index contributed by atoms with van der Waals surface area (Å²) >= 11 is 6.16. The fraction of sp³-hybridized carbons (Fsp3) is 0.0769. The maximum atomic E-state index is 11.7. The van der Waals surface area contributed by atoms with Crippen LogP contribution in [0.4, 0.5) is 11.4 Å². The van der Waals surface area contributed by atoms with Crippen LogP contribution in [0.3, 0.4) is 0 Å². The number of hydrogen-bond acceptors (Lipinski definition) is 6. The van der Waals surface area contributed by atoms with Gasteiger partial charge in [-0.25, -0.2) is 4.79 Å². The molecule has 1 aromatic heterocycles. The molecule has 2 aromatic rings. The highest BCUT2D eigenvalue weighted by molar-refractivity contribution is 9.10. The third-order valence-corrected chi connectivity index (χ3v) is 3.63. The number of non-ortho nitro benzene ring substituents is 1. The van der Waals surface area contributed by atoms with Gasteiger partial charge in [-0.2, -0.15) is 0 Å². The van der Waals surface area contributed by atoms with Crippen molar-refractivity contribution in [1.82, 2.24) is 0 Å². The maximum absolute atomic E-state index is 11.7. The molecule has 1 N–H and O–H groups in total. The third-order valence-electron chi connectivity index (χ3n) is 2.55. The molecule has 0 radical (unpaired) electrons. The Morgan fingerprint density at radius 1 is 1.26 bits per heavy atom. The van der Waals surface area contributed by atoms with Crippen molar-refractivity contribution in [3.8, 4) is 0 Å². The molecule has 10 heteroatoms. The van der Waals surface area contributed by atoms with Gasteiger partial charge in [0.15, 0.2) is 11.3 Å². The molecule has 0 fully saturated rings. The molecule has 8 nitrogen and oxygen atoms in total. The van der Waals surface area contributed by atoms with E-state index in [9.17, 15) is 19.7 Å². The fourth-order valence-electron chi connectivity index (χ4n) is 1.53. The Morgan fingerprint density at radius 2 is 2.00 bits per heavy atom. The third kappa shape index (κ3) is 4.63. The Balaban J connectivity index is 1.92. The fourth-order valence-corrected chi connectivity index (χ4v) is 2.30. The number of nitrogens with one attached hydrogen (secondary N) is 1. The Bertz CT molecular complexity index is 774. The molecule has 1 amide bonds. The zero-order valence-electron chi connectivity index (χ0n) is 11.2. The van der Waals surface area contributed by atoms with Crippen molar-refractivity contribution in [2.45, 2.75) is 0 Å². The van der Waals surface area contributed by atoms with E-state index in [0.29, 0.717) is 14.8 Å². The summed E-state index contributed by atoms with van der Waals surface area (Å²) in [7, 11) is 0. The van der Waals surface area contributed by atoms with Crippen molar-refractivity contribution in [2.75, 3.05) is 11.9 Å². The van der Waals surface area contributed by atoms with Crippen LogP contribution < -0.4 is 5.32 Å². The van der Waals surface area contributed by atoms with Crippen LogP contribution in [-0.2, 0) is 9.53 Å². The van der Waals surface area contributed by atoms with Crippen LogP contribution in [-0.4, -0.2) is 23.4 Å². The molecule has 0 atom stereocenters. The molecule has 1 aromatic carbocycles. The number of carbonyl (C=O) groups excluding carboxylic acids is 2. The summed E-state index contributed by atoms with van der Waals surface area (Å²) in [6, 6.07) is 6.78. The highest BCUT2D eigenvalue weighted by atomic mass is 79.9. The average molecular weight is 448 g/mol. The largest absolute Gasteiger partial charge is 0.450 e. The van der Waals surface area contributed by atoms with E-state index in [-0.39, 0.29) is 11.4 Å². The Kier molecular flexibility index (Phi) is 5.50. The molecule has 1 heterocycles. The van der Waals surface area contributed by atoms with Gasteiger partial charge in [-0.1, -0.05) is 0 Å². The predicted octanol–water partition coefficient (Wildman–Crippen LogP) is 3.51. The van der Waals surface area contributed by atoms with Crippen LogP contribution >= 0.6 is 31.9 Å². The SMILES string of the molecule is O=C(COC(=O)c1ccc(Br)o1)Nc1ccc([N+](=O)[O-])cc1Br. The van der Waals surface area contributed by atoms with E-state index in [1.165, 1.54) is 30.3 Å². The molecule has 0 aliphatic carbocycles. The molecule has 0 aliphatic rings. The van der Waals surface area contributed by atoms with E-state index >= 15 is 0 Å². The number of nitro benzene ring substituents is 1. The van der Waals surface area contributed by atoms with Crippen molar-refractivity contribution >= 4 is 55.1 Å². The normalized spacial score (nSPS) is 10.2. The minimum absolute atomic E-state index is 0.0406. The van der Waals surface area contributed by atoms with Crippen LogP contribution in [0.2, 0.25) is 0 Å². The first-order valence-corrected chi connectivity index (χ1v) is 7.61. The highest BCUT2D eigenvalue weighted by Gasteiger charge is 2.15. The van der Waals surface area contributed by atoms with Crippen molar-refractivity contribution in [3.63, 3.8) is 0 Å². The lowest BCUT2D eigenvalue weighted by atomic mass is 10.3. The number of carbonyl (C=O) groups is 2. The number of furan rings is 1. The van der Waals surface area contributed by atoms with Crippen molar-refractivity contribution < 1.29 is 23.7 Å². The predicted molar refractivity (Wildman–Crippen MR) is 86.1 cm³/mol. The van der Waals surface area contributed by atoms with Crippen LogP contribution in [0.15, 0.2) is 43.9 Å². The average Bonchev–Trinajstić information content (AvgIpc) is 2.93. The van der Waals surface area contributed by atoms with Crippen molar-refractivity contribution in [2.24, 2.45) is 0 Å². The Morgan fingerprint density at radius 3 is 2.57 bits per heavy atom. The Labute approximate surface area is 146 Å². The number of benzene rings is 1. The molecule has 0 spiro atoms. The van der Waals surface area contributed by atoms with Crippen molar-refractivity contribution in [3.05, 3.63) is 55.3 Å². The second kappa shape index (κ2) is 7.38. The second-order valence-electron chi connectivity index (χ2n) is 4.15. The lowest BCUT2D eigenvalue weighted by molar-refractivity contribution is -0.384.